The maximum Gasteiger partial charge on any atom is 0.244 e. The van der Waals surface area contributed by atoms with Crippen LogP contribution in [-0.2, 0) is 17.9 Å². The van der Waals surface area contributed by atoms with Gasteiger partial charge in [0.1, 0.15) is 23.8 Å². The molecule has 2 aromatic carbocycles. The van der Waals surface area contributed by atoms with E-state index in [-0.39, 0.29) is 5.91 Å². The van der Waals surface area contributed by atoms with E-state index < -0.39 is 0 Å². The van der Waals surface area contributed by atoms with Crippen molar-refractivity contribution in [1.82, 2.24) is 14.7 Å². The van der Waals surface area contributed by atoms with Gasteiger partial charge in [-0.05, 0) is 53.6 Å². The predicted octanol–water partition coefficient (Wildman–Crippen LogP) is 4.25. The van der Waals surface area contributed by atoms with Crippen LogP contribution in [0.1, 0.15) is 16.8 Å². The molecule has 0 aliphatic carbocycles. The summed E-state index contributed by atoms with van der Waals surface area (Å²) >= 11 is 0. The minimum atomic E-state index is -0.150. The van der Waals surface area contributed by atoms with E-state index >= 15 is 0 Å². The van der Waals surface area contributed by atoms with Gasteiger partial charge in [0.15, 0.2) is 0 Å². The van der Waals surface area contributed by atoms with E-state index in [1.54, 1.807) is 13.2 Å². The summed E-state index contributed by atoms with van der Waals surface area (Å²) in [5.41, 5.74) is 3.69. The lowest BCUT2D eigenvalue weighted by Crippen LogP contribution is -2.20. The SMILES string of the molecule is COc1ccc(CNC(=O)/C=C/c2ccc(OCc3cn4ccccc4n3)cc2)cc1. The zero-order chi connectivity index (χ0) is 21.5. The number of amides is 1. The number of carbonyl (C=O) groups is 1. The van der Waals surface area contributed by atoms with Crippen molar-refractivity contribution in [2.75, 3.05) is 7.11 Å². The van der Waals surface area contributed by atoms with Gasteiger partial charge in [-0.1, -0.05) is 30.3 Å². The molecule has 0 atom stereocenters. The fourth-order valence-corrected chi connectivity index (χ4v) is 3.05. The zero-order valence-electron chi connectivity index (χ0n) is 17.2. The number of imidazole rings is 1. The Balaban J connectivity index is 1.26. The van der Waals surface area contributed by atoms with Crippen LogP contribution in [0.4, 0.5) is 0 Å². The molecule has 4 aromatic rings. The molecule has 0 fully saturated rings. The second-order valence-electron chi connectivity index (χ2n) is 6.96. The van der Waals surface area contributed by atoms with E-state index in [1.165, 1.54) is 6.08 Å². The highest BCUT2D eigenvalue weighted by Crippen LogP contribution is 2.15. The highest BCUT2D eigenvalue weighted by Gasteiger charge is 2.02. The summed E-state index contributed by atoms with van der Waals surface area (Å²) in [5, 5.41) is 2.87. The van der Waals surface area contributed by atoms with Gasteiger partial charge in [0.2, 0.25) is 5.91 Å². The number of nitrogens with zero attached hydrogens (tertiary/aromatic N) is 2. The number of aromatic nitrogens is 2. The van der Waals surface area contributed by atoms with Crippen LogP contribution in [0.3, 0.4) is 0 Å². The lowest BCUT2D eigenvalue weighted by Gasteiger charge is -2.05. The first-order chi connectivity index (χ1) is 15.2. The van der Waals surface area contributed by atoms with Crippen molar-refractivity contribution in [2.45, 2.75) is 13.2 Å². The van der Waals surface area contributed by atoms with E-state index in [0.717, 1.165) is 34.0 Å². The van der Waals surface area contributed by atoms with Crippen molar-refractivity contribution in [2.24, 2.45) is 0 Å². The molecule has 0 aliphatic heterocycles. The molecule has 1 N–H and O–H groups in total. The fraction of sp³-hybridized carbons (Fsp3) is 0.120. The van der Waals surface area contributed by atoms with Gasteiger partial charge in [0, 0.05) is 25.0 Å². The van der Waals surface area contributed by atoms with E-state index in [0.29, 0.717) is 13.2 Å². The first kappa shape index (κ1) is 20.2. The fourth-order valence-electron chi connectivity index (χ4n) is 3.05. The van der Waals surface area contributed by atoms with Gasteiger partial charge < -0.3 is 19.2 Å². The number of hydrogen-bond donors (Lipinski definition) is 1. The van der Waals surface area contributed by atoms with Crippen LogP contribution in [0.5, 0.6) is 11.5 Å². The molecule has 0 spiro atoms. The van der Waals surface area contributed by atoms with Crippen LogP contribution >= 0.6 is 0 Å². The Bertz CT molecular complexity index is 1150. The summed E-state index contributed by atoms with van der Waals surface area (Å²) in [4.78, 5) is 16.6. The molecule has 0 radical (unpaired) electrons. The lowest BCUT2D eigenvalue weighted by molar-refractivity contribution is -0.116. The van der Waals surface area contributed by atoms with Gasteiger partial charge in [-0.15, -0.1) is 0 Å². The molecule has 2 aromatic heterocycles. The molecule has 4 rings (SSSR count). The second-order valence-corrected chi connectivity index (χ2v) is 6.96. The average molecular weight is 413 g/mol. The maximum atomic E-state index is 12.1. The molecule has 6 nitrogen and oxygen atoms in total. The van der Waals surface area contributed by atoms with Gasteiger partial charge in [-0.2, -0.15) is 0 Å². The molecular weight excluding hydrogens is 390 g/mol. The highest BCUT2D eigenvalue weighted by molar-refractivity contribution is 5.91. The molecule has 0 bridgehead atoms. The molecule has 0 unspecified atom stereocenters. The second kappa shape index (κ2) is 9.63. The number of hydrogen-bond acceptors (Lipinski definition) is 4. The molecule has 31 heavy (non-hydrogen) atoms. The quantitative estimate of drug-likeness (QED) is 0.439. The smallest absolute Gasteiger partial charge is 0.244 e. The summed E-state index contributed by atoms with van der Waals surface area (Å²) in [7, 11) is 1.63. The number of carbonyl (C=O) groups excluding carboxylic acids is 1. The van der Waals surface area contributed by atoms with Crippen LogP contribution in [0.2, 0.25) is 0 Å². The van der Waals surface area contributed by atoms with Gasteiger partial charge in [-0.3, -0.25) is 4.79 Å². The van der Waals surface area contributed by atoms with Crippen LogP contribution in [0.25, 0.3) is 11.7 Å². The van der Waals surface area contributed by atoms with Gasteiger partial charge in [0.25, 0.3) is 0 Å². The van der Waals surface area contributed by atoms with Crippen molar-refractivity contribution in [3.05, 3.63) is 102 Å². The summed E-state index contributed by atoms with van der Waals surface area (Å²) in [6.45, 7) is 0.855. The van der Waals surface area contributed by atoms with E-state index in [1.807, 2.05) is 83.5 Å². The number of methoxy groups -OCH3 is 1. The Kier molecular flexibility index (Phi) is 6.28. The first-order valence-electron chi connectivity index (χ1n) is 9.94. The Morgan fingerprint density at radius 1 is 1.03 bits per heavy atom. The van der Waals surface area contributed by atoms with Crippen molar-refractivity contribution < 1.29 is 14.3 Å². The number of ether oxygens (including phenoxy) is 2. The predicted molar refractivity (Wildman–Crippen MR) is 120 cm³/mol. The average Bonchev–Trinajstić information content (AvgIpc) is 3.24. The summed E-state index contributed by atoms with van der Waals surface area (Å²) in [5.74, 6) is 1.39. The third-order valence-corrected chi connectivity index (χ3v) is 4.73. The monoisotopic (exact) mass is 413 g/mol. The largest absolute Gasteiger partial charge is 0.497 e. The van der Waals surface area contributed by atoms with E-state index in [2.05, 4.69) is 10.3 Å². The Morgan fingerprint density at radius 2 is 1.81 bits per heavy atom. The Labute approximate surface area is 180 Å². The van der Waals surface area contributed by atoms with Gasteiger partial charge in [-0.25, -0.2) is 4.98 Å². The third-order valence-electron chi connectivity index (χ3n) is 4.73. The third kappa shape index (κ3) is 5.51. The van der Waals surface area contributed by atoms with Crippen molar-refractivity contribution in [3.8, 4) is 11.5 Å². The molecule has 0 saturated heterocycles. The summed E-state index contributed by atoms with van der Waals surface area (Å²) < 4.78 is 12.9. The van der Waals surface area contributed by atoms with Crippen molar-refractivity contribution >= 4 is 17.6 Å². The molecule has 1 amide bonds. The Morgan fingerprint density at radius 3 is 2.55 bits per heavy atom. The number of fused-ring (bicyclic) bond motifs is 1. The van der Waals surface area contributed by atoms with Crippen LogP contribution in [0, 0.1) is 0 Å². The minimum absolute atomic E-state index is 0.150. The number of benzene rings is 2. The minimum Gasteiger partial charge on any atom is -0.497 e. The number of pyridine rings is 1. The number of rotatable bonds is 8. The molecular formula is C25H23N3O3. The highest BCUT2D eigenvalue weighted by atomic mass is 16.5. The summed E-state index contributed by atoms with van der Waals surface area (Å²) in [6.07, 6.45) is 7.21. The molecule has 0 saturated carbocycles. The van der Waals surface area contributed by atoms with Crippen LogP contribution < -0.4 is 14.8 Å². The lowest BCUT2D eigenvalue weighted by atomic mass is 10.2. The molecule has 0 aliphatic rings. The van der Waals surface area contributed by atoms with E-state index in [9.17, 15) is 4.79 Å². The zero-order valence-corrected chi connectivity index (χ0v) is 17.2. The van der Waals surface area contributed by atoms with Gasteiger partial charge >= 0.3 is 0 Å². The summed E-state index contributed by atoms with van der Waals surface area (Å²) in [6, 6.07) is 21.0. The van der Waals surface area contributed by atoms with Crippen molar-refractivity contribution in [3.63, 3.8) is 0 Å². The van der Waals surface area contributed by atoms with Crippen LogP contribution in [0.15, 0.2) is 85.2 Å². The molecule has 6 heteroatoms. The standard InChI is InChI=1S/C25H23N3O3/c1-30-22-10-7-20(8-11-22)16-26-25(29)14-9-19-5-12-23(13-6-19)31-18-21-17-28-15-3-2-4-24(28)27-21/h2-15,17H,16,18H2,1H3,(H,26,29)/b14-9+. The molecule has 2 heterocycles. The topological polar surface area (TPSA) is 64.9 Å². The van der Waals surface area contributed by atoms with Crippen LogP contribution in [-0.4, -0.2) is 22.4 Å². The Hall–Kier alpha value is -4.06. The maximum absolute atomic E-state index is 12.1. The number of nitrogens with one attached hydrogen (secondary N) is 1. The molecule has 156 valence electrons. The van der Waals surface area contributed by atoms with Gasteiger partial charge in [0.05, 0.1) is 12.8 Å². The van der Waals surface area contributed by atoms with Crippen molar-refractivity contribution in [1.29, 1.82) is 0 Å². The first-order valence-corrected chi connectivity index (χ1v) is 9.94. The van der Waals surface area contributed by atoms with E-state index in [4.69, 9.17) is 9.47 Å². The normalized spacial score (nSPS) is 11.0.